The third-order valence-electron chi connectivity index (χ3n) is 10.4. The molecule has 4 heteroatoms. The number of hydrogen-bond acceptors (Lipinski definition) is 3. The van der Waals surface area contributed by atoms with Crippen LogP contribution >= 0.6 is 0 Å². The van der Waals surface area contributed by atoms with Crippen LogP contribution in [0, 0.1) is 39.4 Å². The number of carboxylic acids is 1. The first-order valence-corrected chi connectivity index (χ1v) is 11.3. The minimum Gasteiger partial charge on any atom is -0.481 e. The Labute approximate surface area is 175 Å². The number of carbonyl (C=O) groups is 1. The Hall–Kier alpha value is -1.13. The van der Waals surface area contributed by atoms with Gasteiger partial charge in [0.25, 0.3) is 0 Å². The van der Waals surface area contributed by atoms with E-state index in [0.29, 0.717) is 5.92 Å². The molecule has 3 N–H and O–H groups in total. The Morgan fingerprint density at radius 3 is 2.34 bits per heavy atom. The minimum absolute atomic E-state index is 0.0474. The molecule has 0 unspecified atom stereocenters. The van der Waals surface area contributed by atoms with Crippen molar-refractivity contribution in [2.45, 2.75) is 85.9 Å². The lowest BCUT2D eigenvalue weighted by Gasteiger charge is -2.61. The molecule has 0 radical (unpaired) electrons. The van der Waals surface area contributed by atoms with Gasteiger partial charge in [-0.05, 0) is 65.9 Å². The van der Waals surface area contributed by atoms with E-state index in [0.717, 1.165) is 32.1 Å². The zero-order valence-corrected chi connectivity index (χ0v) is 18.8. The molecule has 4 aliphatic rings. The summed E-state index contributed by atoms with van der Waals surface area (Å²) < 4.78 is 0. The van der Waals surface area contributed by atoms with Crippen molar-refractivity contribution < 1.29 is 20.1 Å². The molecule has 0 aliphatic heterocycles. The smallest absolute Gasteiger partial charge is 0.306 e. The molecule has 8 atom stereocenters. The van der Waals surface area contributed by atoms with Gasteiger partial charge in [-0.1, -0.05) is 53.7 Å². The molecule has 4 rings (SSSR count). The highest BCUT2D eigenvalue weighted by molar-refractivity contribution is 5.70. The monoisotopic (exact) mass is 402 g/mol. The van der Waals surface area contributed by atoms with Crippen molar-refractivity contribution in [3.63, 3.8) is 0 Å². The SMILES string of the molecule is C[C@H](C(=O)O)[C@H]1CC[C@@]2(C)C3=CC[C@H]4C(C)(C)[C@@H](O)CC[C@]4(C)C3=C[C@@H](O)[C@]12C. The van der Waals surface area contributed by atoms with Gasteiger partial charge >= 0.3 is 5.97 Å². The second-order valence-electron chi connectivity index (χ2n) is 11.6. The van der Waals surface area contributed by atoms with Crippen LogP contribution in [0.3, 0.4) is 0 Å². The topological polar surface area (TPSA) is 77.8 Å². The molecule has 0 amide bonds. The summed E-state index contributed by atoms with van der Waals surface area (Å²) in [4.78, 5) is 11.8. The van der Waals surface area contributed by atoms with E-state index in [4.69, 9.17) is 0 Å². The molecule has 4 nitrogen and oxygen atoms in total. The highest BCUT2D eigenvalue weighted by Gasteiger charge is 2.66. The number of carboxylic acid groups (broad SMARTS) is 1. The van der Waals surface area contributed by atoms with E-state index in [1.54, 1.807) is 6.92 Å². The van der Waals surface area contributed by atoms with Gasteiger partial charge < -0.3 is 15.3 Å². The van der Waals surface area contributed by atoms with Crippen LogP contribution in [0.4, 0.5) is 0 Å². The molecule has 2 fully saturated rings. The van der Waals surface area contributed by atoms with Crippen LogP contribution in [0.1, 0.15) is 73.6 Å². The molecule has 162 valence electrons. The lowest BCUT2D eigenvalue weighted by molar-refractivity contribution is -0.147. The first-order valence-electron chi connectivity index (χ1n) is 11.3. The van der Waals surface area contributed by atoms with Crippen molar-refractivity contribution >= 4 is 5.97 Å². The summed E-state index contributed by atoms with van der Waals surface area (Å²) >= 11 is 0. The lowest BCUT2D eigenvalue weighted by Crippen LogP contribution is -2.57. The Morgan fingerprint density at radius 2 is 1.72 bits per heavy atom. The number of aliphatic hydroxyl groups is 2. The second-order valence-corrected chi connectivity index (χ2v) is 11.6. The summed E-state index contributed by atoms with van der Waals surface area (Å²) in [6.07, 6.45) is 7.90. The summed E-state index contributed by atoms with van der Waals surface area (Å²) in [6, 6.07) is 0. The van der Waals surface area contributed by atoms with Crippen LogP contribution in [0.2, 0.25) is 0 Å². The number of rotatable bonds is 2. The van der Waals surface area contributed by atoms with Crippen molar-refractivity contribution in [3.05, 3.63) is 23.3 Å². The Bertz CT molecular complexity index is 795. The normalized spacial score (nSPS) is 49.2. The van der Waals surface area contributed by atoms with Crippen molar-refractivity contribution in [1.29, 1.82) is 0 Å². The van der Waals surface area contributed by atoms with Crippen molar-refractivity contribution in [2.24, 2.45) is 39.4 Å². The van der Waals surface area contributed by atoms with Crippen LogP contribution in [0.25, 0.3) is 0 Å². The Balaban J connectivity index is 1.84. The second kappa shape index (κ2) is 6.20. The van der Waals surface area contributed by atoms with E-state index in [1.807, 2.05) is 0 Å². The molecule has 4 aliphatic carbocycles. The van der Waals surface area contributed by atoms with Gasteiger partial charge in [-0.15, -0.1) is 0 Å². The predicted molar refractivity (Wildman–Crippen MR) is 113 cm³/mol. The van der Waals surface area contributed by atoms with Gasteiger partial charge in [-0.25, -0.2) is 0 Å². The molecular formula is C25H38O4. The van der Waals surface area contributed by atoms with Crippen LogP contribution in [-0.2, 0) is 4.79 Å². The number of hydrogen-bond donors (Lipinski definition) is 3. The van der Waals surface area contributed by atoms with Crippen molar-refractivity contribution in [3.8, 4) is 0 Å². The molecule has 0 spiro atoms. The number of aliphatic hydroxyl groups excluding tert-OH is 2. The van der Waals surface area contributed by atoms with Gasteiger partial charge in [0.2, 0.25) is 0 Å². The zero-order valence-electron chi connectivity index (χ0n) is 18.8. The largest absolute Gasteiger partial charge is 0.481 e. The van der Waals surface area contributed by atoms with E-state index in [9.17, 15) is 20.1 Å². The number of allylic oxidation sites excluding steroid dienone is 3. The molecule has 0 aromatic rings. The van der Waals surface area contributed by atoms with Gasteiger partial charge in [-0.2, -0.15) is 0 Å². The number of aliphatic carboxylic acids is 1. The summed E-state index contributed by atoms with van der Waals surface area (Å²) in [6.45, 7) is 12.9. The quantitative estimate of drug-likeness (QED) is 0.632. The standard InChI is InChI=1S/C25H38O4/c1-14(21(28)29)15-9-12-24(5)16-7-8-18-22(2,3)19(26)10-11-23(18,4)17(16)13-20(27)25(15,24)6/h7,13-15,18-20,26-27H,8-12H2,1-6H3,(H,28,29)/t14-,15+,18-,19-,20+,23+,24-,25-/m0/s1. The summed E-state index contributed by atoms with van der Waals surface area (Å²) in [7, 11) is 0. The average Bonchev–Trinajstić information content (AvgIpc) is 2.92. The molecule has 0 aromatic carbocycles. The first-order chi connectivity index (χ1) is 13.3. The highest BCUT2D eigenvalue weighted by Crippen LogP contribution is 2.71. The summed E-state index contributed by atoms with van der Waals surface area (Å²) in [5.74, 6) is -0.948. The maximum Gasteiger partial charge on any atom is 0.306 e. The maximum absolute atomic E-state index is 11.8. The van der Waals surface area contributed by atoms with Gasteiger partial charge in [0.1, 0.15) is 0 Å². The van der Waals surface area contributed by atoms with Crippen molar-refractivity contribution in [1.82, 2.24) is 0 Å². The maximum atomic E-state index is 11.8. The van der Waals surface area contributed by atoms with Crippen LogP contribution < -0.4 is 0 Å². The van der Waals surface area contributed by atoms with E-state index in [-0.39, 0.29) is 28.3 Å². The van der Waals surface area contributed by atoms with E-state index in [1.165, 1.54) is 11.1 Å². The zero-order chi connectivity index (χ0) is 21.6. The van der Waals surface area contributed by atoms with Gasteiger partial charge in [0.05, 0.1) is 18.1 Å². The predicted octanol–water partition coefficient (Wildman–Crippen LogP) is 4.56. The lowest BCUT2D eigenvalue weighted by atomic mass is 9.43. The summed E-state index contributed by atoms with van der Waals surface area (Å²) in [5, 5.41) is 31.9. The third-order valence-corrected chi connectivity index (χ3v) is 10.4. The van der Waals surface area contributed by atoms with Gasteiger partial charge in [-0.3, -0.25) is 4.79 Å². The Morgan fingerprint density at radius 1 is 1.07 bits per heavy atom. The minimum atomic E-state index is -0.768. The number of fused-ring (bicyclic) bond motifs is 5. The van der Waals surface area contributed by atoms with Crippen LogP contribution in [0.5, 0.6) is 0 Å². The first kappa shape index (κ1) is 21.1. The van der Waals surface area contributed by atoms with E-state index >= 15 is 0 Å². The fraction of sp³-hybridized carbons (Fsp3) is 0.800. The van der Waals surface area contributed by atoms with Gasteiger partial charge in [0, 0.05) is 10.8 Å². The summed E-state index contributed by atoms with van der Waals surface area (Å²) in [5.41, 5.74) is 1.68. The third kappa shape index (κ3) is 2.42. The fourth-order valence-corrected chi connectivity index (χ4v) is 8.04. The molecule has 0 aromatic heterocycles. The molecule has 0 bridgehead atoms. The van der Waals surface area contributed by atoms with Gasteiger partial charge in [0.15, 0.2) is 0 Å². The fourth-order valence-electron chi connectivity index (χ4n) is 8.04. The molecular weight excluding hydrogens is 364 g/mol. The van der Waals surface area contributed by atoms with E-state index in [2.05, 4.69) is 46.8 Å². The van der Waals surface area contributed by atoms with E-state index < -0.39 is 23.4 Å². The van der Waals surface area contributed by atoms with Crippen LogP contribution in [-0.4, -0.2) is 33.5 Å². The highest BCUT2D eigenvalue weighted by atomic mass is 16.4. The molecule has 0 saturated heterocycles. The average molecular weight is 403 g/mol. The van der Waals surface area contributed by atoms with Crippen molar-refractivity contribution in [2.75, 3.05) is 0 Å². The molecule has 0 heterocycles. The van der Waals surface area contributed by atoms with Crippen LogP contribution in [0.15, 0.2) is 23.3 Å². The molecule has 29 heavy (non-hydrogen) atoms. The molecule has 2 saturated carbocycles. The Kier molecular flexibility index (Phi) is 4.51.